The second kappa shape index (κ2) is 7.57. The third-order valence-electron chi connectivity index (χ3n) is 3.85. The highest BCUT2D eigenvalue weighted by atomic mass is 35.5. The van der Waals surface area contributed by atoms with Gasteiger partial charge in [-0.1, -0.05) is 11.6 Å². The highest BCUT2D eigenvalue weighted by Crippen LogP contribution is 2.17. The first-order valence-electron chi connectivity index (χ1n) is 8.15. The summed E-state index contributed by atoms with van der Waals surface area (Å²) >= 11 is 5.97. The van der Waals surface area contributed by atoms with E-state index in [0.717, 1.165) is 41.2 Å². The molecule has 8 heteroatoms. The largest absolute Gasteiger partial charge is 0.345 e. The number of rotatable bonds is 6. The number of aromatic amines is 2. The number of H-pyrrole nitrogens is 2. The highest BCUT2D eigenvalue weighted by Gasteiger charge is 2.10. The maximum atomic E-state index is 12.1. The fraction of sp³-hybridized carbons (Fsp3) is 0.353. The standard InChI is InChI=1S/C17H21ClN6O/c1-11-9-20-16(21-11)10-24(2)17(25)19-7-3-4-15-22-13-6-5-12(18)8-14(13)23-15/h5-6,8-9H,3-4,7,10H2,1-2H3,(H,19,25)(H,20,21)(H,22,23). The fourth-order valence-corrected chi connectivity index (χ4v) is 2.75. The van der Waals surface area contributed by atoms with Gasteiger partial charge in [-0.25, -0.2) is 14.8 Å². The number of nitrogens with zero attached hydrogens (tertiary/aromatic N) is 3. The molecule has 3 rings (SSSR count). The molecule has 0 aliphatic carbocycles. The Hall–Kier alpha value is -2.54. The Morgan fingerprint density at radius 2 is 2.16 bits per heavy atom. The van der Waals surface area contributed by atoms with Gasteiger partial charge in [-0.15, -0.1) is 0 Å². The minimum atomic E-state index is -0.120. The van der Waals surface area contributed by atoms with Crippen molar-refractivity contribution in [2.24, 2.45) is 0 Å². The second-order valence-corrected chi connectivity index (χ2v) is 6.49. The number of fused-ring (bicyclic) bond motifs is 1. The van der Waals surface area contributed by atoms with E-state index in [1.807, 2.05) is 25.1 Å². The van der Waals surface area contributed by atoms with Gasteiger partial charge >= 0.3 is 6.03 Å². The van der Waals surface area contributed by atoms with Crippen LogP contribution in [0.2, 0.25) is 5.02 Å². The zero-order chi connectivity index (χ0) is 17.8. The molecular formula is C17H21ClN6O. The van der Waals surface area contributed by atoms with Crippen molar-refractivity contribution in [3.63, 3.8) is 0 Å². The van der Waals surface area contributed by atoms with Crippen LogP contribution >= 0.6 is 11.6 Å². The molecule has 0 radical (unpaired) electrons. The number of nitrogens with one attached hydrogen (secondary N) is 3. The molecule has 25 heavy (non-hydrogen) atoms. The van der Waals surface area contributed by atoms with E-state index >= 15 is 0 Å². The minimum absolute atomic E-state index is 0.120. The number of hydrogen-bond acceptors (Lipinski definition) is 3. The molecule has 3 N–H and O–H groups in total. The first kappa shape index (κ1) is 17.3. The van der Waals surface area contributed by atoms with Crippen LogP contribution in [0.15, 0.2) is 24.4 Å². The van der Waals surface area contributed by atoms with Gasteiger partial charge in [0.05, 0.1) is 17.6 Å². The van der Waals surface area contributed by atoms with Gasteiger partial charge < -0.3 is 20.2 Å². The van der Waals surface area contributed by atoms with Crippen molar-refractivity contribution >= 4 is 28.7 Å². The van der Waals surface area contributed by atoms with Gasteiger partial charge in [-0.05, 0) is 31.5 Å². The fourth-order valence-electron chi connectivity index (χ4n) is 2.58. The van der Waals surface area contributed by atoms with Crippen molar-refractivity contribution in [1.29, 1.82) is 0 Å². The molecule has 0 spiro atoms. The van der Waals surface area contributed by atoms with Crippen LogP contribution < -0.4 is 5.32 Å². The van der Waals surface area contributed by atoms with Crippen LogP contribution in [-0.4, -0.2) is 44.5 Å². The van der Waals surface area contributed by atoms with E-state index < -0.39 is 0 Å². The molecule has 132 valence electrons. The molecule has 2 amide bonds. The molecule has 0 saturated carbocycles. The Kier molecular flexibility index (Phi) is 5.23. The first-order valence-corrected chi connectivity index (χ1v) is 8.52. The zero-order valence-electron chi connectivity index (χ0n) is 14.3. The van der Waals surface area contributed by atoms with Gasteiger partial charge in [0.2, 0.25) is 0 Å². The van der Waals surface area contributed by atoms with Gasteiger partial charge in [0.25, 0.3) is 0 Å². The molecule has 1 aromatic carbocycles. The lowest BCUT2D eigenvalue weighted by molar-refractivity contribution is 0.205. The van der Waals surface area contributed by atoms with Crippen molar-refractivity contribution in [3.8, 4) is 0 Å². The molecule has 0 fully saturated rings. The maximum absolute atomic E-state index is 12.1. The predicted molar refractivity (Wildman–Crippen MR) is 97.6 cm³/mol. The van der Waals surface area contributed by atoms with E-state index in [1.165, 1.54) is 0 Å². The Morgan fingerprint density at radius 1 is 1.32 bits per heavy atom. The molecule has 0 bridgehead atoms. The average molecular weight is 361 g/mol. The summed E-state index contributed by atoms with van der Waals surface area (Å²) in [5.74, 6) is 1.67. The van der Waals surface area contributed by atoms with Crippen LogP contribution in [0.3, 0.4) is 0 Å². The molecule has 2 aromatic heterocycles. The summed E-state index contributed by atoms with van der Waals surface area (Å²) in [5.41, 5.74) is 2.81. The number of benzene rings is 1. The predicted octanol–water partition coefficient (Wildman–Crippen LogP) is 3.02. The Labute approximate surface area is 150 Å². The second-order valence-electron chi connectivity index (χ2n) is 6.05. The summed E-state index contributed by atoms with van der Waals surface area (Å²) in [4.78, 5) is 28.8. The molecule has 0 aliphatic heterocycles. The third-order valence-corrected chi connectivity index (χ3v) is 4.08. The summed E-state index contributed by atoms with van der Waals surface area (Å²) < 4.78 is 0. The molecular weight excluding hydrogens is 340 g/mol. The van der Waals surface area contributed by atoms with Crippen LogP contribution in [0, 0.1) is 6.92 Å². The SMILES string of the molecule is Cc1cnc(CN(C)C(=O)NCCCc2nc3ccc(Cl)cc3[nH]2)[nH]1. The van der Waals surface area contributed by atoms with Crippen LogP contribution in [0.4, 0.5) is 4.79 Å². The van der Waals surface area contributed by atoms with Crippen molar-refractivity contribution in [2.75, 3.05) is 13.6 Å². The minimum Gasteiger partial charge on any atom is -0.345 e. The number of carbonyl (C=O) groups is 1. The van der Waals surface area contributed by atoms with E-state index in [4.69, 9.17) is 11.6 Å². The van der Waals surface area contributed by atoms with Gasteiger partial charge in [0, 0.05) is 36.9 Å². The number of imidazole rings is 2. The van der Waals surface area contributed by atoms with Gasteiger partial charge in [-0.2, -0.15) is 0 Å². The van der Waals surface area contributed by atoms with Gasteiger partial charge in [0.1, 0.15) is 11.6 Å². The van der Waals surface area contributed by atoms with Crippen molar-refractivity contribution in [3.05, 3.63) is 46.8 Å². The average Bonchev–Trinajstić information content (AvgIpc) is 3.16. The summed E-state index contributed by atoms with van der Waals surface area (Å²) in [6.07, 6.45) is 3.31. The Bertz CT molecular complexity index is 871. The van der Waals surface area contributed by atoms with Crippen molar-refractivity contribution < 1.29 is 4.79 Å². The Balaban J connectivity index is 1.43. The van der Waals surface area contributed by atoms with Crippen LogP contribution in [-0.2, 0) is 13.0 Å². The normalized spacial score (nSPS) is 11.0. The molecule has 0 aliphatic rings. The number of amides is 2. The lowest BCUT2D eigenvalue weighted by Gasteiger charge is -2.16. The first-order chi connectivity index (χ1) is 12.0. The molecule has 3 aromatic rings. The number of aromatic nitrogens is 4. The van der Waals surface area contributed by atoms with E-state index in [0.29, 0.717) is 18.1 Å². The number of halogens is 1. The summed E-state index contributed by atoms with van der Waals surface area (Å²) in [6, 6.07) is 5.46. The highest BCUT2D eigenvalue weighted by molar-refractivity contribution is 6.31. The molecule has 0 saturated heterocycles. The molecule has 0 unspecified atom stereocenters. The third kappa shape index (κ3) is 4.51. The van der Waals surface area contributed by atoms with Gasteiger partial charge in [-0.3, -0.25) is 0 Å². The lowest BCUT2D eigenvalue weighted by atomic mass is 10.3. The lowest BCUT2D eigenvalue weighted by Crippen LogP contribution is -2.37. The van der Waals surface area contributed by atoms with E-state index in [-0.39, 0.29) is 6.03 Å². The zero-order valence-corrected chi connectivity index (χ0v) is 15.0. The monoisotopic (exact) mass is 360 g/mol. The summed E-state index contributed by atoms with van der Waals surface area (Å²) in [5, 5.41) is 3.59. The summed E-state index contributed by atoms with van der Waals surface area (Å²) in [6.45, 7) is 2.96. The number of urea groups is 1. The van der Waals surface area contributed by atoms with E-state index in [9.17, 15) is 4.79 Å². The van der Waals surface area contributed by atoms with Crippen molar-refractivity contribution in [1.82, 2.24) is 30.2 Å². The Morgan fingerprint density at radius 3 is 2.92 bits per heavy atom. The smallest absolute Gasteiger partial charge is 0.317 e. The van der Waals surface area contributed by atoms with Gasteiger partial charge in [0.15, 0.2) is 0 Å². The molecule has 7 nitrogen and oxygen atoms in total. The van der Waals surface area contributed by atoms with Crippen LogP contribution in [0.1, 0.15) is 23.8 Å². The number of aryl methyl sites for hydroxylation is 2. The number of hydrogen-bond donors (Lipinski definition) is 3. The summed E-state index contributed by atoms with van der Waals surface area (Å²) in [7, 11) is 1.75. The maximum Gasteiger partial charge on any atom is 0.317 e. The molecule has 0 atom stereocenters. The van der Waals surface area contributed by atoms with E-state index in [2.05, 4.69) is 25.3 Å². The van der Waals surface area contributed by atoms with E-state index in [1.54, 1.807) is 18.1 Å². The topological polar surface area (TPSA) is 89.7 Å². The van der Waals surface area contributed by atoms with Crippen LogP contribution in [0.5, 0.6) is 0 Å². The number of carbonyl (C=O) groups excluding carboxylic acids is 1. The van der Waals surface area contributed by atoms with Crippen LogP contribution in [0.25, 0.3) is 11.0 Å². The van der Waals surface area contributed by atoms with Crippen molar-refractivity contribution in [2.45, 2.75) is 26.3 Å². The quantitative estimate of drug-likeness (QED) is 0.590. The molecule has 2 heterocycles.